The van der Waals surface area contributed by atoms with E-state index in [2.05, 4.69) is 9.97 Å². The highest BCUT2D eigenvalue weighted by molar-refractivity contribution is 6.31. The number of rotatable bonds is 2. The van der Waals surface area contributed by atoms with E-state index in [1.807, 2.05) is 18.2 Å². The number of fused-ring (bicyclic) bond motifs is 2. The number of anilines is 1. The summed E-state index contributed by atoms with van der Waals surface area (Å²) in [6.07, 6.45) is -0.166. The predicted molar refractivity (Wildman–Crippen MR) is 118 cm³/mol. The standard InChI is InChI=1S/C23H18ClF4N5O/c1-10-7-14(22-32-11(2)19-21(29)30-5-6-33(19)22)13-8-15(24)18(25)17(20(13)34-10)12-3-4-16(31-9-12)23(26,27)28/h3-6,8-10,14H,7H2,1-2H3,(H2,29,30)/t10?,14-/m0/s1. The summed E-state index contributed by atoms with van der Waals surface area (Å²) < 4.78 is 62.1. The number of imidazole rings is 1. The first-order chi connectivity index (χ1) is 16.1. The van der Waals surface area contributed by atoms with Gasteiger partial charge in [-0.1, -0.05) is 17.7 Å². The zero-order valence-corrected chi connectivity index (χ0v) is 18.7. The molecule has 0 fully saturated rings. The third-order valence-corrected chi connectivity index (χ3v) is 6.18. The van der Waals surface area contributed by atoms with E-state index < -0.39 is 17.7 Å². The van der Waals surface area contributed by atoms with Crippen molar-refractivity contribution in [1.82, 2.24) is 19.4 Å². The SMILES string of the molecule is Cc1nc([C@H]2CC(C)Oc3c2cc(Cl)c(F)c3-c2ccc(C(F)(F)F)nc2)n2ccnc(N)c12. The summed E-state index contributed by atoms with van der Waals surface area (Å²) in [6.45, 7) is 3.65. The number of nitrogen functional groups attached to an aromatic ring is 1. The van der Waals surface area contributed by atoms with Gasteiger partial charge < -0.3 is 10.5 Å². The summed E-state index contributed by atoms with van der Waals surface area (Å²) in [7, 11) is 0. The van der Waals surface area contributed by atoms with E-state index in [9.17, 15) is 13.2 Å². The molecule has 4 aromatic rings. The monoisotopic (exact) mass is 491 g/mol. The molecule has 1 aliphatic heterocycles. The maximum atomic E-state index is 15.3. The van der Waals surface area contributed by atoms with Crippen LogP contribution < -0.4 is 10.5 Å². The van der Waals surface area contributed by atoms with Crippen molar-refractivity contribution in [3.63, 3.8) is 0 Å². The molecule has 0 saturated carbocycles. The fourth-order valence-electron chi connectivity index (χ4n) is 4.45. The fourth-order valence-corrected chi connectivity index (χ4v) is 4.66. The average molecular weight is 492 g/mol. The Hall–Kier alpha value is -3.40. The van der Waals surface area contributed by atoms with Gasteiger partial charge in [-0.05, 0) is 32.4 Å². The van der Waals surface area contributed by atoms with Gasteiger partial charge in [-0.15, -0.1) is 0 Å². The number of nitrogens with two attached hydrogens (primary N) is 1. The minimum absolute atomic E-state index is 0.0426. The molecule has 4 heterocycles. The largest absolute Gasteiger partial charge is 0.490 e. The van der Waals surface area contributed by atoms with Gasteiger partial charge in [0, 0.05) is 35.6 Å². The molecule has 34 heavy (non-hydrogen) atoms. The topological polar surface area (TPSA) is 78.3 Å². The van der Waals surface area contributed by atoms with Crippen molar-refractivity contribution in [3.05, 3.63) is 70.4 Å². The van der Waals surface area contributed by atoms with Crippen molar-refractivity contribution in [3.8, 4) is 16.9 Å². The van der Waals surface area contributed by atoms with Gasteiger partial charge in [0.15, 0.2) is 5.82 Å². The van der Waals surface area contributed by atoms with Crippen LogP contribution in [-0.2, 0) is 6.18 Å². The molecule has 2 N–H and O–H groups in total. The summed E-state index contributed by atoms with van der Waals surface area (Å²) in [5.74, 6) is 0.0296. The molecule has 0 saturated heterocycles. The Morgan fingerprint density at radius 1 is 1.24 bits per heavy atom. The molecule has 2 atom stereocenters. The van der Waals surface area contributed by atoms with Crippen LogP contribution in [0.4, 0.5) is 23.4 Å². The van der Waals surface area contributed by atoms with Crippen molar-refractivity contribution >= 4 is 22.9 Å². The van der Waals surface area contributed by atoms with Crippen LogP contribution in [0.25, 0.3) is 16.6 Å². The number of nitrogens with zero attached hydrogens (tertiary/aromatic N) is 4. The Morgan fingerprint density at radius 2 is 2.00 bits per heavy atom. The molecule has 0 spiro atoms. The number of hydrogen-bond donors (Lipinski definition) is 1. The second-order valence-corrected chi connectivity index (χ2v) is 8.61. The van der Waals surface area contributed by atoms with Crippen molar-refractivity contribution in [2.24, 2.45) is 0 Å². The Bertz CT molecular complexity index is 1420. The number of aromatic nitrogens is 4. The molecule has 6 nitrogen and oxygen atoms in total. The number of halogens is 5. The zero-order chi connectivity index (χ0) is 24.4. The summed E-state index contributed by atoms with van der Waals surface area (Å²) in [5.41, 5.74) is 6.97. The van der Waals surface area contributed by atoms with Crippen molar-refractivity contribution in [2.75, 3.05) is 5.73 Å². The highest BCUT2D eigenvalue weighted by Gasteiger charge is 2.36. The van der Waals surface area contributed by atoms with Crippen LogP contribution in [0.5, 0.6) is 5.75 Å². The maximum Gasteiger partial charge on any atom is 0.433 e. The van der Waals surface area contributed by atoms with Gasteiger partial charge >= 0.3 is 6.18 Å². The third-order valence-electron chi connectivity index (χ3n) is 5.90. The Morgan fingerprint density at radius 3 is 2.68 bits per heavy atom. The van der Waals surface area contributed by atoms with Crippen LogP contribution in [-0.4, -0.2) is 25.5 Å². The van der Waals surface area contributed by atoms with Crippen molar-refractivity contribution < 1.29 is 22.3 Å². The van der Waals surface area contributed by atoms with Crippen LogP contribution >= 0.6 is 11.6 Å². The quantitative estimate of drug-likeness (QED) is 0.359. The summed E-state index contributed by atoms with van der Waals surface area (Å²) in [5, 5.41) is -0.185. The van der Waals surface area contributed by atoms with Gasteiger partial charge in [0.1, 0.15) is 28.6 Å². The zero-order valence-electron chi connectivity index (χ0n) is 18.0. The Balaban J connectivity index is 1.72. The first-order valence-electron chi connectivity index (χ1n) is 10.4. The van der Waals surface area contributed by atoms with E-state index in [4.69, 9.17) is 27.1 Å². The van der Waals surface area contributed by atoms with Gasteiger partial charge in [0.25, 0.3) is 0 Å². The Labute approximate surface area is 196 Å². The van der Waals surface area contributed by atoms with Crippen LogP contribution in [0.15, 0.2) is 36.8 Å². The molecule has 0 aliphatic carbocycles. The number of hydrogen-bond acceptors (Lipinski definition) is 5. The summed E-state index contributed by atoms with van der Waals surface area (Å²) in [4.78, 5) is 12.3. The molecule has 3 aromatic heterocycles. The smallest absolute Gasteiger partial charge is 0.433 e. The lowest BCUT2D eigenvalue weighted by atomic mass is 9.86. The van der Waals surface area contributed by atoms with E-state index >= 15 is 4.39 Å². The number of benzene rings is 1. The average Bonchev–Trinajstić information content (AvgIpc) is 3.12. The summed E-state index contributed by atoms with van der Waals surface area (Å²) in [6, 6.07) is 3.43. The highest BCUT2D eigenvalue weighted by atomic mass is 35.5. The first-order valence-corrected chi connectivity index (χ1v) is 10.7. The van der Waals surface area contributed by atoms with Crippen LogP contribution in [0, 0.1) is 12.7 Å². The molecule has 1 unspecified atom stereocenters. The minimum Gasteiger partial charge on any atom is -0.490 e. The van der Waals surface area contributed by atoms with Crippen LogP contribution in [0.1, 0.15) is 42.0 Å². The van der Waals surface area contributed by atoms with E-state index in [0.717, 1.165) is 18.3 Å². The van der Waals surface area contributed by atoms with Crippen LogP contribution in [0.3, 0.4) is 0 Å². The second kappa shape index (κ2) is 7.83. The summed E-state index contributed by atoms with van der Waals surface area (Å²) >= 11 is 6.25. The van der Waals surface area contributed by atoms with Gasteiger partial charge in [0.2, 0.25) is 0 Å². The molecular formula is C23H18ClF4N5O. The molecule has 5 rings (SSSR count). The third kappa shape index (κ3) is 3.53. The number of ether oxygens (including phenoxy) is 1. The van der Waals surface area contributed by atoms with E-state index in [0.29, 0.717) is 34.8 Å². The molecule has 1 aromatic carbocycles. The van der Waals surface area contributed by atoms with Gasteiger partial charge in [-0.2, -0.15) is 13.2 Å². The maximum absolute atomic E-state index is 15.3. The van der Waals surface area contributed by atoms with E-state index in [1.54, 1.807) is 12.4 Å². The predicted octanol–water partition coefficient (Wildman–Crippen LogP) is 5.80. The molecular weight excluding hydrogens is 474 g/mol. The van der Waals surface area contributed by atoms with Crippen molar-refractivity contribution in [2.45, 2.75) is 38.5 Å². The van der Waals surface area contributed by atoms with Gasteiger partial charge in [-0.25, -0.2) is 14.4 Å². The lowest BCUT2D eigenvalue weighted by molar-refractivity contribution is -0.141. The normalized spacial score (nSPS) is 18.1. The van der Waals surface area contributed by atoms with Crippen LogP contribution in [0.2, 0.25) is 5.02 Å². The molecule has 0 bridgehead atoms. The molecule has 1 aliphatic rings. The van der Waals surface area contributed by atoms with E-state index in [1.165, 1.54) is 6.07 Å². The molecule has 176 valence electrons. The molecule has 0 radical (unpaired) electrons. The molecule has 11 heteroatoms. The molecule has 0 amide bonds. The highest BCUT2D eigenvalue weighted by Crippen LogP contribution is 2.48. The van der Waals surface area contributed by atoms with Gasteiger partial charge in [0.05, 0.1) is 22.4 Å². The Kier molecular flexibility index (Phi) is 5.16. The number of alkyl halides is 3. The minimum atomic E-state index is -4.61. The number of aryl methyl sites for hydroxylation is 1. The van der Waals surface area contributed by atoms with E-state index in [-0.39, 0.29) is 33.9 Å². The second-order valence-electron chi connectivity index (χ2n) is 8.20. The lowest BCUT2D eigenvalue weighted by Crippen LogP contribution is -2.25. The van der Waals surface area contributed by atoms with Crippen molar-refractivity contribution in [1.29, 1.82) is 0 Å². The lowest BCUT2D eigenvalue weighted by Gasteiger charge is -2.32. The first kappa shape index (κ1) is 22.4. The van der Waals surface area contributed by atoms with Gasteiger partial charge in [-0.3, -0.25) is 9.38 Å². The number of pyridine rings is 1. The fraction of sp³-hybridized carbons (Fsp3) is 0.261.